The number of benzene rings is 1. The van der Waals surface area contributed by atoms with E-state index in [4.69, 9.17) is 9.15 Å². The summed E-state index contributed by atoms with van der Waals surface area (Å²) in [5.41, 5.74) is 1.96. The molecule has 0 radical (unpaired) electrons. The Balaban J connectivity index is 1.75. The van der Waals surface area contributed by atoms with E-state index in [0.29, 0.717) is 0 Å². The van der Waals surface area contributed by atoms with Gasteiger partial charge in [-0.15, -0.1) is 0 Å². The van der Waals surface area contributed by atoms with E-state index in [1.165, 1.54) is 0 Å². The Hall–Kier alpha value is -2.07. The Bertz CT molecular complexity index is 606. The molecule has 0 bridgehead atoms. The first-order chi connectivity index (χ1) is 10.3. The third-order valence-electron chi connectivity index (χ3n) is 3.94. The number of nitrogens with one attached hydrogen (secondary N) is 1. The number of carbonyl (C=O) groups excluding carboxylic acids is 1. The Morgan fingerprint density at radius 3 is 2.90 bits per heavy atom. The van der Waals surface area contributed by atoms with Crippen molar-refractivity contribution in [3.05, 3.63) is 59.5 Å². The molecule has 3 rings (SSSR count). The van der Waals surface area contributed by atoms with Gasteiger partial charge in [0, 0.05) is 19.1 Å². The quantitative estimate of drug-likeness (QED) is 0.938. The Morgan fingerprint density at radius 2 is 2.14 bits per heavy atom. The van der Waals surface area contributed by atoms with E-state index in [2.05, 4.69) is 5.32 Å². The monoisotopic (exact) mass is 285 g/mol. The molecule has 0 fully saturated rings. The van der Waals surface area contributed by atoms with Gasteiger partial charge < -0.3 is 14.5 Å². The summed E-state index contributed by atoms with van der Waals surface area (Å²) in [6.45, 7) is 0. The van der Waals surface area contributed by atoms with Gasteiger partial charge in [0.05, 0.1) is 12.3 Å². The molecule has 1 aromatic heterocycles. The van der Waals surface area contributed by atoms with Crippen molar-refractivity contribution in [2.75, 3.05) is 7.11 Å². The fourth-order valence-electron chi connectivity index (χ4n) is 2.91. The van der Waals surface area contributed by atoms with Crippen molar-refractivity contribution in [1.29, 1.82) is 0 Å². The molecule has 1 N–H and O–H groups in total. The molecular weight excluding hydrogens is 266 g/mol. The zero-order chi connectivity index (χ0) is 14.7. The van der Waals surface area contributed by atoms with Gasteiger partial charge in [0.25, 0.3) is 5.91 Å². The minimum atomic E-state index is -0.580. The summed E-state index contributed by atoms with van der Waals surface area (Å²) < 4.78 is 10.8. The highest BCUT2D eigenvalue weighted by Gasteiger charge is 2.27. The van der Waals surface area contributed by atoms with E-state index in [9.17, 15) is 4.79 Å². The van der Waals surface area contributed by atoms with Crippen molar-refractivity contribution in [1.82, 2.24) is 5.32 Å². The second kappa shape index (κ2) is 6.14. The van der Waals surface area contributed by atoms with Crippen LogP contribution in [-0.4, -0.2) is 13.0 Å². The molecule has 21 heavy (non-hydrogen) atoms. The van der Waals surface area contributed by atoms with Gasteiger partial charge in [-0.25, -0.2) is 0 Å². The van der Waals surface area contributed by atoms with Gasteiger partial charge >= 0.3 is 0 Å². The number of hydrogen-bond donors (Lipinski definition) is 1. The van der Waals surface area contributed by atoms with Gasteiger partial charge in [-0.2, -0.15) is 0 Å². The third kappa shape index (κ3) is 2.85. The van der Waals surface area contributed by atoms with Crippen LogP contribution in [0.5, 0.6) is 0 Å². The summed E-state index contributed by atoms with van der Waals surface area (Å²) >= 11 is 0. The average Bonchev–Trinajstić information content (AvgIpc) is 2.99. The number of amides is 1. The molecule has 0 spiro atoms. The van der Waals surface area contributed by atoms with E-state index in [-0.39, 0.29) is 11.9 Å². The first-order valence-electron chi connectivity index (χ1n) is 7.24. The Kier molecular flexibility index (Phi) is 4.06. The predicted molar refractivity (Wildman–Crippen MR) is 78.7 cm³/mol. The highest BCUT2D eigenvalue weighted by Crippen LogP contribution is 2.31. The first kappa shape index (κ1) is 13.9. The highest BCUT2D eigenvalue weighted by molar-refractivity contribution is 5.82. The maximum atomic E-state index is 12.5. The van der Waals surface area contributed by atoms with Crippen LogP contribution in [0.15, 0.2) is 47.1 Å². The molecule has 1 amide bonds. The van der Waals surface area contributed by atoms with Crippen LogP contribution in [0.4, 0.5) is 0 Å². The fraction of sp³-hybridized carbons (Fsp3) is 0.353. The van der Waals surface area contributed by atoms with Gasteiger partial charge in [-0.3, -0.25) is 4.79 Å². The molecule has 0 saturated carbocycles. The fourth-order valence-corrected chi connectivity index (χ4v) is 2.91. The highest BCUT2D eigenvalue weighted by atomic mass is 16.5. The van der Waals surface area contributed by atoms with Crippen LogP contribution in [0.1, 0.15) is 41.9 Å². The summed E-state index contributed by atoms with van der Waals surface area (Å²) in [6, 6.07) is 11.5. The zero-order valence-electron chi connectivity index (χ0n) is 12.0. The van der Waals surface area contributed by atoms with E-state index in [0.717, 1.165) is 36.1 Å². The Morgan fingerprint density at radius 1 is 1.33 bits per heavy atom. The molecule has 1 heterocycles. The summed E-state index contributed by atoms with van der Waals surface area (Å²) in [5, 5.41) is 3.09. The van der Waals surface area contributed by atoms with Crippen LogP contribution in [0, 0.1) is 0 Å². The lowest BCUT2D eigenvalue weighted by Crippen LogP contribution is -2.35. The molecule has 1 aliphatic carbocycles. The second-order valence-electron chi connectivity index (χ2n) is 5.28. The maximum Gasteiger partial charge on any atom is 0.254 e. The van der Waals surface area contributed by atoms with Gasteiger partial charge in [-0.05, 0) is 24.5 Å². The lowest BCUT2D eigenvalue weighted by Gasteiger charge is -2.25. The van der Waals surface area contributed by atoms with Crippen LogP contribution in [0.2, 0.25) is 0 Å². The number of aryl methyl sites for hydroxylation is 1. The van der Waals surface area contributed by atoms with E-state index >= 15 is 0 Å². The van der Waals surface area contributed by atoms with Gasteiger partial charge in [0.1, 0.15) is 5.76 Å². The van der Waals surface area contributed by atoms with Gasteiger partial charge in [0.2, 0.25) is 0 Å². The van der Waals surface area contributed by atoms with Crippen molar-refractivity contribution in [2.45, 2.75) is 31.4 Å². The molecular formula is C17H19NO3. The normalized spacial score (nSPS) is 18.8. The average molecular weight is 285 g/mol. The summed E-state index contributed by atoms with van der Waals surface area (Å²) in [6.07, 6.45) is 4.02. The van der Waals surface area contributed by atoms with Crippen molar-refractivity contribution in [3.63, 3.8) is 0 Å². The van der Waals surface area contributed by atoms with Crippen molar-refractivity contribution in [2.24, 2.45) is 0 Å². The predicted octanol–water partition coefficient (Wildman–Crippen LogP) is 3.16. The number of ether oxygens (including phenoxy) is 1. The number of furan rings is 1. The minimum Gasteiger partial charge on any atom is -0.469 e. The van der Waals surface area contributed by atoms with E-state index < -0.39 is 6.10 Å². The summed E-state index contributed by atoms with van der Waals surface area (Å²) in [7, 11) is 1.56. The van der Waals surface area contributed by atoms with Crippen LogP contribution < -0.4 is 5.32 Å². The van der Waals surface area contributed by atoms with E-state index in [1.807, 2.05) is 36.4 Å². The first-order valence-corrected chi connectivity index (χ1v) is 7.24. The minimum absolute atomic E-state index is 0.0152. The maximum absolute atomic E-state index is 12.5. The molecule has 110 valence electrons. The van der Waals surface area contributed by atoms with Crippen LogP contribution >= 0.6 is 0 Å². The number of hydrogen-bond acceptors (Lipinski definition) is 3. The van der Waals surface area contributed by atoms with Crippen molar-refractivity contribution in [3.8, 4) is 0 Å². The largest absolute Gasteiger partial charge is 0.469 e. The van der Waals surface area contributed by atoms with Crippen LogP contribution in [0.3, 0.4) is 0 Å². The van der Waals surface area contributed by atoms with Gasteiger partial charge in [-0.1, -0.05) is 30.3 Å². The topological polar surface area (TPSA) is 51.5 Å². The van der Waals surface area contributed by atoms with Gasteiger partial charge in [0.15, 0.2) is 6.10 Å². The molecule has 1 aromatic carbocycles. The molecule has 4 nitrogen and oxygen atoms in total. The number of rotatable bonds is 4. The van der Waals surface area contributed by atoms with Crippen LogP contribution in [-0.2, 0) is 16.0 Å². The zero-order valence-corrected chi connectivity index (χ0v) is 12.0. The Labute approximate surface area is 124 Å². The standard InChI is InChI=1S/C17H19NO3/c1-20-16(12-6-3-2-4-7-12)17(19)18-14-8-5-9-15-13(14)10-11-21-15/h2-4,6-7,10-11,14,16H,5,8-9H2,1H3,(H,18,19)/t14-,16-/m1/s1. The lowest BCUT2D eigenvalue weighted by molar-refractivity contribution is -0.132. The van der Waals surface area contributed by atoms with Crippen LogP contribution in [0.25, 0.3) is 0 Å². The summed E-state index contributed by atoms with van der Waals surface area (Å²) in [5.74, 6) is 0.878. The smallest absolute Gasteiger partial charge is 0.254 e. The third-order valence-corrected chi connectivity index (χ3v) is 3.94. The molecule has 2 atom stereocenters. The lowest BCUT2D eigenvalue weighted by atomic mass is 9.93. The van der Waals surface area contributed by atoms with Crippen molar-refractivity contribution >= 4 is 5.91 Å². The number of fused-ring (bicyclic) bond motifs is 1. The number of carbonyl (C=O) groups is 1. The molecule has 2 aromatic rings. The molecule has 1 aliphatic rings. The molecule has 4 heteroatoms. The molecule has 0 saturated heterocycles. The summed E-state index contributed by atoms with van der Waals surface area (Å²) in [4.78, 5) is 12.5. The van der Waals surface area contributed by atoms with Crippen molar-refractivity contribution < 1.29 is 13.9 Å². The second-order valence-corrected chi connectivity index (χ2v) is 5.28. The SMILES string of the molecule is CO[C@@H](C(=O)N[C@@H]1CCCc2occc21)c1ccccc1. The molecule has 0 aliphatic heterocycles. The van der Waals surface area contributed by atoms with E-state index in [1.54, 1.807) is 13.4 Å². The number of methoxy groups -OCH3 is 1. The molecule has 0 unspecified atom stereocenters.